The molecule has 108 valence electrons. The van der Waals surface area contributed by atoms with Crippen LogP contribution in [-0.4, -0.2) is 32.5 Å². The zero-order valence-electron chi connectivity index (χ0n) is 11.5. The summed E-state index contributed by atoms with van der Waals surface area (Å²) in [5.41, 5.74) is 9.09. The van der Waals surface area contributed by atoms with Gasteiger partial charge in [-0.25, -0.2) is 4.98 Å². The highest BCUT2D eigenvalue weighted by Crippen LogP contribution is 2.28. The summed E-state index contributed by atoms with van der Waals surface area (Å²) in [5, 5.41) is 18.9. The van der Waals surface area contributed by atoms with Gasteiger partial charge < -0.3 is 20.5 Å². The second kappa shape index (κ2) is 5.55. The van der Waals surface area contributed by atoms with Gasteiger partial charge >= 0.3 is 0 Å². The molecule has 1 heterocycles. The fourth-order valence-electron chi connectivity index (χ4n) is 2.43. The average Bonchev–Trinajstić information content (AvgIpc) is 2.88. The normalized spacial score (nSPS) is 12.7. The summed E-state index contributed by atoms with van der Waals surface area (Å²) in [7, 11) is 0. The Kier molecular flexibility index (Phi) is 3.60. The number of rotatable bonds is 4. The van der Waals surface area contributed by atoms with Crippen LogP contribution in [0.2, 0.25) is 0 Å². The topological polar surface area (TPSA) is 84.3 Å². The first-order chi connectivity index (χ1) is 10.2. The third-order valence-electron chi connectivity index (χ3n) is 3.45. The van der Waals surface area contributed by atoms with Crippen LogP contribution in [0.1, 0.15) is 0 Å². The van der Waals surface area contributed by atoms with Crippen LogP contribution in [0.25, 0.3) is 22.4 Å². The van der Waals surface area contributed by atoms with Crippen molar-refractivity contribution in [3.05, 3.63) is 48.5 Å². The maximum Gasteiger partial charge on any atom is 0.141 e. The molecule has 0 saturated carbocycles. The lowest BCUT2D eigenvalue weighted by Gasteiger charge is -2.12. The first-order valence-electron chi connectivity index (χ1n) is 6.79. The van der Waals surface area contributed by atoms with Crippen molar-refractivity contribution in [3.63, 3.8) is 0 Å². The number of nitrogen functional groups attached to an aromatic ring is 1. The Morgan fingerprint density at radius 2 is 1.86 bits per heavy atom. The number of anilines is 1. The summed E-state index contributed by atoms with van der Waals surface area (Å²) in [4.78, 5) is 4.62. The van der Waals surface area contributed by atoms with Crippen molar-refractivity contribution in [1.82, 2.24) is 9.55 Å². The fraction of sp³-hybridized carbons (Fsp3) is 0.188. The largest absolute Gasteiger partial charge is 0.397 e. The van der Waals surface area contributed by atoms with Crippen LogP contribution in [-0.2, 0) is 6.54 Å². The first kappa shape index (κ1) is 13.6. The van der Waals surface area contributed by atoms with E-state index in [-0.39, 0.29) is 13.2 Å². The van der Waals surface area contributed by atoms with Crippen molar-refractivity contribution in [3.8, 4) is 11.4 Å². The highest BCUT2D eigenvalue weighted by atomic mass is 16.3. The Balaban J connectivity index is 2.22. The van der Waals surface area contributed by atoms with Gasteiger partial charge in [-0.1, -0.05) is 36.4 Å². The molecule has 21 heavy (non-hydrogen) atoms. The second-order valence-electron chi connectivity index (χ2n) is 4.96. The summed E-state index contributed by atoms with van der Waals surface area (Å²) in [6.45, 7) is -0.0309. The Hall–Kier alpha value is -2.37. The van der Waals surface area contributed by atoms with Crippen LogP contribution in [0.15, 0.2) is 48.5 Å². The second-order valence-corrected chi connectivity index (χ2v) is 4.96. The van der Waals surface area contributed by atoms with E-state index in [1.54, 1.807) is 6.07 Å². The summed E-state index contributed by atoms with van der Waals surface area (Å²) in [5.74, 6) is 0.732. The lowest BCUT2D eigenvalue weighted by atomic mass is 10.2. The third kappa shape index (κ3) is 2.49. The lowest BCUT2D eigenvalue weighted by Crippen LogP contribution is -2.20. The zero-order valence-corrected chi connectivity index (χ0v) is 11.5. The predicted octanol–water partition coefficient (Wildman–Crippen LogP) is 1.64. The van der Waals surface area contributed by atoms with E-state index in [0.717, 1.165) is 16.9 Å². The minimum Gasteiger partial charge on any atom is -0.397 e. The lowest BCUT2D eigenvalue weighted by molar-refractivity contribution is 0.0824. The number of benzene rings is 2. The number of para-hydroxylation sites is 1. The van der Waals surface area contributed by atoms with Crippen LogP contribution in [0.4, 0.5) is 5.69 Å². The quantitative estimate of drug-likeness (QED) is 0.635. The first-order valence-corrected chi connectivity index (χ1v) is 6.79. The fourth-order valence-corrected chi connectivity index (χ4v) is 2.43. The Labute approximate surface area is 122 Å². The van der Waals surface area contributed by atoms with Gasteiger partial charge in [0, 0.05) is 5.56 Å². The zero-order chi connectivity index (χ0) is 14.8. The van der Waals surface area contributed by atoms with Crippen molar-refractivity contribution in [2.45, 2.75) is 12.6 Å². The molecule has 2 aromatic carbocycles. The molecule has 0 radical (unpaired) electrons. The maximum atomic E-state index is 9.80. The van der Waals surface area contributed by atoms with E-state index in [9.17, 15) is 5.11 Å². The molecule has 1 atom stereocenters. The SMILES string of the molecule is Nc1cccc2c1nc(-c1ccccc1)n2CC(O)CO. The standard InChI is InChI=1S/C16H17N3O2/c17-13-7-4-8-14-15(13)18-16(11-5-2-1-3-6-11)19(14)9-12(21)10-20/h1-8,12,20-21H,9-10,17H2. The van der Waals surface area contributed by atoms with Crippen molar-refractivity contribution in [2.75, 3.05) is 12.3 Å². The van der Waals surface area contributed by atoms with E-state index in [4.69, 9.17) is 10.8 Å². The molecule has 4 N–H and O–H groups in total. The average molecular weight is 283 g/mol. The monoisotopic (exact) mass is 283 g/mol. The molecule has 5 nitrogen and oxygen atoms in total. The number of nitrogens with zero attached hydrogens (tertiary/aromatic N) is 2. The molecule has 1 aromatic heterocycles. The predicted molar refractivity (Wildman–Crippen MR) is 82.7 cm³/mol. The molecule has 0 fully saturated rings. The molecular formula is C16H17N3O2. The third-order valence-corrected chi connectivity index (χ3v) is 3.45. The van der Waals surface area contributed by atoms with E-state index in [2.05, 4.69) is 4.98 Å². The van der Waals surface area contributed by atoms with E-state index in [1.807, 2.05) is 47.0 Å². The molecule has 1 unspecified atom stereocenters. The van der Waals surface area contributed by atoms with Crippen LogP contribution in [0.3, 0.4) is 0 Å². The van der Waals surface area contributed by atoms with Crippen molar-refractivity contribution in [1.29, 1.82) is 0 Å². The number of nitrogens with two attached hydrogens (primary N) is 1. The number of imidazole rings is 1. The summed E-state index contributed by atoms with van der Waals surface area (Å²) >= 11 is 0. The minimum atomic E-state index is -0.841. The molecule has 0 aliphatic rings. The van der Waals surface area contributed by atoms with Gasteiger partial charge in [0.2, 0.25) is 0 Å². The van der Waals surface area contributed by atoms with Gasteiger partial charge in [-0.3, -0.25) is 0 Å². The van der Waals surface area contributed by atoms with Crippen LogP contribution in [0, 0.1) is 0 Å². The van der Waals surface area contributed by atoms with Crippen LogP contribution >= 0.6 is 0 Å². The van der Waals surface area contributed by atoms with Crippen molar-refractivity contribution < 1.29 is 10.2 Å². The van der Waals surface area contributed by atoms with Gasteiger partial charge in [-0.05, 0) is 12.1 Å². The van der Waals surface area contributed by atoms with E-state index < -0.39 is 6.10 Å². The Morgan fingerprint density at radius 1 is 1.10 bits per heavy atom. The minimum absolute atomic E-state index is 0.265. The molecule has 3 aromatic rings. The maximum absolute atomic E-state index is 9.80. The van der Waals surface area contributed by atoms with Gasteiger partial charge in [0.25, 0.3) is 0 Å². The van der Waals surface area contributed by atoms with E-state index >= 15 is 0 Å². The number of fused-ring (bicyclic) bond motifs is 1. The molecule has 0 spiro atoms. The molecule has 5 heteroatoms. The number of hydrogen-bond donors (Lipinski definition) is 3. The van der Waals surface area contributed by atoms with Crippen LogP contribution in [0.5, 0.6) is 0 Å². The number of aromatic nitrogens is 2. The smallest absolute Gasteiger partial charge is 0.141 e. The highest BCUT2D eigenvalue weighted by molar-refractivity contribution is 5.90. The number of aliphatic hydroxyl groups is 2. The molecule has 3 rings (SSSR count). The van der Waals surface area contributed by atoms with Gasteiger partial charge in [-0.2, -0.15) is 0 Å². The van der Waals surface area contributed by atoms with Gasteiger partial charge in [0.05, 0.1) is 30.5 Å². The molecular weight excluding hydrogens is 266 g/mol. The van der Waals surface area contributed by atoms with Gasteiger partial charge in [0.1, 0.15) is 11.3 Å². The van der Waals surface area contributed by atoms with E-state index in [1.165, 1.54) is 0 Å². The van der Waals surface area contributed by atoms with Crippen LogP contribution < -0.4 is 5.73 Å². The Bertz CT molecular complexity index is 753. The molecule has 0 bridgehead atoms. The number of hydrogen-bond acceptors (Lipinski definition) is 4. The highest BCUT2D eigenvalue weighted by Gasteiger charge is 2.16. The molecule has 0 saturated heterocycles. The number of aliphatic hydroxyl groups excluding tert-OH is 2. The summed E-state index contributed by atoms with van der Waals surface area (Å²) < 4.78 is 1.89. The van der Waals surface area contributed by atoms with Gasteiger partial charge in [-0.15, -0.1) is 0 Å². The van der Waals surface area contributed by atoms with Gasteiger partial charge in [0.15, 0.2) is 0 Å². The Morgan fingerprint density at radius 3 is 2.57 bits per heavy atom. The van der Waals surface area contributed by atoms with Crippen molar-refractivity contribution in [2.24, 2.45) is 0 Å². The molecule has 0 aliphatic heterocycles. The summed E-state index contributed by atoms with van der Waals surface area (Å²) in [6.07, 6.45) is -0.841. The molecule has 0 amide bonds. The van der Waals surface area contributed by atoms with E-state index in [0.29, 0.717) is 11.2 Å². The van der Waals surface area contributed by atoms with Crippen molar-refractivity contribution >= 4 is 16.7 Å². The molecule has 0 aliphatic carbocycles. The summed E-state index contributed by atoms with van der Waals surface area (Å²) in [6, 6.07) is 15.3.